The van der Waals surface area contributed by atoms with Crippen molar-refractivity contribution in [2.45, 2.75) is 58.2 Å². The molecule has 1 amide bonds. The number of ether oxygens (including phenoxy) is 3. The van der Waals surface area contributed by atoms with E-state index < -0.39 is 5.82 Å². The second kappa shape index (κ2) is 11.6. The zero-order valence-corrected chi connectivity index (χ0v) is 25.4. The molecule has 11 nitrogen and oxygen atoms in total. The third-order valence-corrected chi connectivity index (χ3v) is 9.38. The summed E-state index contributed by atoms with van der Waals surface area (Å²) in [6.07, 6.45) is 6.21. The van der Waals surface area contributed by atoms with Crippen LogP contribution in [0.15, 0.2) is 36.8 Å². The highest BCUT2D eigenvalue weighted by Crippen LogP contribution is 2.52. The molecule has 4 aliphatic rings. The van der Waals surface area contributed by atoms with Gasteiger partial charge in [-0.25, -0.2) is 9.37 Å². The maximum atomic E-state index is 14.2. The van der Waals surface area contributed by atoms with Gasteiger partial charge in [-0.2, -0.15) is 0 Å². The number of anilines is 1. The highest BCUT2D eigenvalue weighted by Gasteiger charge is 2.54. The van der Waals surface area contributed by atoms with Crippen LogP contribution < -0.4 is 14.4 Å². The molecule has 0 N–H and O–H groups in total. The molecule has 1 saturated carbocycles. The molecule has 3 aliphatic heterocycles. The molecule has 1 aromatic carbocycles. The number of aromatic nitrogens is 4. The zero-order valence-electron chi connectivity index (χ0n) is 25.4. The van der Waals surface area contributed by atoms with Gasteiger partial charge in [0.25, 0.3) is 11.8 Å². The smallest absolute Gasteiger partial charge is 0.282 e. The van der Waals surface area contributed by atoms with E-state index in [-0.39, 0.29) is 46.7 Å². The molecule has 44 heavy (non-hydrogen) atoms. The fourth-order valence-electron chi connectivity index (χ4n) is 7.22. The lowest BCUT2D eigenvalue weighted by molar-refractivity contribution is -0.0399. The highest BCUT2D eigenvalue weighted by molar-refractivity contribution is 5.97. The molecular formula is C32H38FN7O4. The fraction of sp³-hybridized carbons (Fsp3) is 0.531. The van der Waals surface area contributed by atoms with Crippen molar-refractivity contribution >= 4 is 11.7 Å². The molecule has 1 aliphatic carbocycles. The summed E-state index contributed by atoms with van der Waals surface area (Å²) in [6.45, 7) is 11.2. The van der Waals surface area contributed by atoms with Crippen molar-refractivity contribution in [3.8, 4) is 17.4 Å². The van der Waals surface area contributed by atoms with Crippen LogP contribution in [0.25, 0.3) is 0 Å². The summed E-state index contributed by atoms with van der Waals surface area (Å²) in [5.41, 5.74) is 2.59. The molecule has 2 aromatic heterocycles. The number of fused-ring (bicyclic) bond motifs is 3. The van der Waals surface area contributed by atoms with Gasteiger partial charge in [-0.3, -0.25) is 14.7 Å². The van der Waals surface area contributed by atoms with Crippen LogP contribution >= 0.6 is 0 Å². The lowest BCUT2D eigenvalue weighted by Crippen LogP contribution is -2.65. The van der Waals surface area contributed by atoms with Crippen LogP contribution in [0.3, 0.4) is 0 Å². The number of benzene rings is 1. The van der Waals surface area contributed by atoms with Gasteiger partial charge in [-0.05, 0) is 57.9 Å². The van der Waals surface area contributed by atoms with Gasteiger partial charge in [-0.1, -0.05) is 0 Å². The van der Waals surface area contributed by atoms with Crippen molar-refractivity contribution < 1.29 is 23.4 Å². The number of carbonyl (C=O) groups excluding carboxylic acids is 1. The van der Waals surface area contributed by atoms with Crippen molar-refractivity contribution in [3.05, 3.63) is 59.4 Å². The van der Waals surface area contributed by atoms with E-state index in [2.05, 4.69) is 30.0 Å². The first kappa shape index (κ1) is 28.8. The van der Waals surface area contributed by atoms with Crippen LogP contribution in [-0.4, -0.2) is 94.0 Å². The van der Waals surface area contributed by atoms with Crippen molar-refractivity contribution in [3.63, 3.8) is 0 Å². The lowest BCUT2D eigenvalue weighted by atomic mass is 9.61. The Morgan fingerprint density at radius 3 is 2.82 bits per heavy atom. The van der Waals surface area contributed by atoms with Crippen molar-refractivity contribution in [2.24, 2.45) is 5.41 Å². The number of morpholine rings is 1. The Kier molecular flexibility index (Phi) is 7.57. The van der Waals surface area contributed by atoms with E-state index in [0.717, 1.165) is 63.5 Å². The number of hydrogen-bond donors (Lipinski definition) is 0. The molecule has 3 fully saturated rings. The Bertz CT molecular complexity index is 1540. The Morgan fingerprint density at radius 1 is 1.18 bits per heavy atom. The van der Waals surface area contributed by atoms with Crippen LogP contribution in [0.2, 0.25) is 0 Å². The highest BCUT2D eigenvalue weighted by atomic mass is 19.1. The van der Waals surface area contributed by atoms with Crippen LogP contribution in [0.5, 0.6) is 17.4 Å². The molecule has 2 saturated heterocycles. The Balaban J connectivity index is 1.02. The van der Waals surface area contributed by atoms with Crippen LogP contribution in [0.4, 0.5) is 10.2 Å². The van der Waals surface area contributed by atoms with Crippen LogP contribution in [0, 0.1) is 11.2 Å². The summed E-state index contributed by atoms with van der Waals surface area (Å²) < 4.78 is 32.8. The van der Waals surface area contributed by atoms with Crippen LogP contribution in [-0.2, 0) is 11.2 Å². The van der Waals surface area contributed by atoms with Gasteiger partial charge >= 0.3 is 0 Å². The number of amides is 1. The summed E-state index contributed by atoms with van der Waals surface area (Å²) >= 11 is 0. The Labute approximate surface area is 256 Å². The standard InChI is InChI=1S/C32H38FN7O4/c1-4-40(20(2)3)31(41)23-13-21(33)5-6-26(23)44-30-29(35-19-36-37-30)39-17-32(18-39)14-22(15-32)43-27-7-9-34-24-8-10-38-11-12-42-16-25(38)28(24)27/h5-7,9,13,19-20,22,25H,4,8,10-12,14-18H2,1-3H3. The molecule has 0 radical (unpaired) electrons. The number of rotatable bonds is 8. The summed E-state index contributed by atoms with van der Waals surface area (Å²) in [5, 5.41) is 8.12. The summed E-state index contributed by atoms with van der Waals surface area (Å²) in [4.78, 5) is 28.7. The van der Waals surface area contributed by atoms with Gasteiger partial charge in [0.15, 0.2) is 5.82 Å². The maximum Gasteiger partial charge on any atom is 0.282 e. The predicted octanol–water partition coefficient (Wildman–Crippen LogP) is 4.05. The maximum absolute atomic E-state index is 14.2. The third kappa shape index (κ3) is 5.23. The largest absolute Gasteiger partial charge is 0.490 e. The number of hydrogen-bond acceptors (Lipinski definition) is 10. The molecule has 12 heteroatoms. The first-order valence-corrected chi connectivity index (χ1v) is 15.5. The molecule has 1 spiro atoms. The molecule has 1 atom stereocenters. The van der Waals surface area contributed by atoms with Crippen molar-refractivity contribution in [1.82, 2.24) is 30.0 Å². The fourth-order valence-corrected chi connectivity index (χ4v) is 7.22. The third-order valence-electron chi connectivity index (χ3n) is 9.38. The summed E-state index contributed by atoms with van der Waals surface area (Å²) in [6, 6.07) is 6.09. The van der Waals surface area contributed by atoms with E-state index in [1.54, 1.807) is 4.90 Å². The van der Waals surface area contributed by atoms with E-state index in [4.69, 9.17) is 14.2 Å². The Hall–Kier alpha value is -3.90. The first-order chi connectivity index (χ1) is 21.3. The zero-order chi connectivity index (χ0) is 30.4. The van der Waals surface area contributed by atoms with Crippen molar-refractivity contribution in [2.75, 3.05) is 50.8 Å². The minimum absolute atomic E-state index is 0.0510. The second-order valence-corrected chi connectivity index (χ2v) is 12.6. The van der Waals surface area contributed by atoms with Crippen molar-refractivity contribution in [1.29, 1.82) is 0 Å². The molecule has 232 valence electrons. The van der Waals surface area contributed by atoms with Gasteiger partial charge in [0, 0.05) is 62.4 Å². The van der Waals surface area contributed by atoms with E-state index in [1.807, 2.05) is 33.0 Å². The number of pyridine rings is 1. The summed E-state index contributed by atoms with van der Waals surface area (Å²) in [7, 11) is 0. The number of halogens is 1. The normalized spacial score (nSPS) is 20.8. The Morgan fingerprint density at radius 2 is 2.02 bits per heavy atom. The SMILES string of the molecule is CCN(C(=O)c1cc(F)ccc1Oc1nncnc1N1CC2(CC(Oc3ccnc4c3C3COCCN3CC4)C2)C1)C(C)C. The van der Waals surface area contributed by atoms with E-state index >= 15 is 0 Å². The predicted molar refractivity (Wildman–Crippen MR) is 160 cm³/mol. The first-order valence-electron chi connectivity index (χ1n) is 15.5. The van der Waals surface area contributed by atoms with Gasteiger partial charge in [0.1, 0.15) is 29.7 Å². The molecule has 5 heterocycles. The molecular weight excluding hydrogens is 565 g/mol. The van der Waals surface area contributed by atoms with Gasteiger partial charge in [0.2, 0.25) is 0 Å². The lowest BCUT2D eigenvalue weighted by Gasteiger charge is -2.58. The van der Waals surface area contributed by atoms with Gasteiger partial charge in [-0.15, -0.1) is 10.2 Å². The molecule has 1 unspecified atom stereocenters. The number of carbonyl (C=O) groups is 1. The quantitative estimate of drug-likeness (QED) is 0.375. The molecule has 0 bridgehead atoms. The molecule has 3 aromatic rings. The molecule has 7 rings (SSSR count). The van der Waals surface area contributed by atoms with E-state index in [0.29, 0.717) is 19.0 Å². The second-order valence-electron chi connectivity index (χ2n) is 12.6. The average molecular weight is 604 g/mol. The van der Waals surface area contributed by atoms with E-state index in [1.165, 1.54) is 30.1 Å². The topological polar surface area (TPSA) is 106 Å². The monoisotopic (exact) mass is 603 g/mol. The number of nitrogens with zero attached hydrogens (tertiary/aromatic N) is 7. The van der Waals surface area contributed by atoms with Crippen LogP contribution in [0.1, 0.15) is 61.3 Å². The average Bonchev–Trinajstić information content (AvgIpc) is 2.99. The van der Waals surface area contributed by atoms with Gasteiger partial charge < -0.3 is 24.0 Å². The summed E-state index contributed by atoms with van der Waals surface area (Å²) in [5.74, 6) is 1.07. The minimum atomic E-state index is -0.513. The van der Waals surface area contributed by atoms with E-state index in [9.17, 15) is 9.18 Å². The minimum Gasteiger partial charge on any atom is -0.490 e. The van der Waals surface area contributed by atoms with Gasteiger partial charge in [0.05, 0.1) is 30.5 Å².